The summed E-state index contributed by atoms with van der Waals surface area (Å²) < 4.78 is 40.4. The first kappa shape index (κ1) is 19.0. The van der Waals surface area contributed by atoms with Crippen LogP contribution in [-0.4, -0.2) is 31.1 Å². The van der Waals surface area contributed by atoms with E-state index in [9.17, 15) is 17.6 Å². The fraction of sp³-hybridized carbons (Fsp3) is 0.111. The lowest BCUT2D eigenvalue weighted by atomic mass is 10.1. The highest BCUT2D eigenvalue weighted by atomic mass is 32.2. The molecule has 0 aliphatic carbocycles. The van der Waals surface area contributed by atoms with Crippen LogP contribution in [0.2, 0.25) is 0 Å². The maximum Gasteiger partial charge on any atom is 0.404 e. The molecule has 0 radical (unpaired) electrons. The predicted molar refractivity (Wildman–Crippen MR) is 99.1 cm³/mol. The minimum Gasteiger partial charge on any atom is -0.465 e. The quantitative estimate of drug-likeness (QED) is 0.652. The standard InChI is InChI=1S/C18H15FN2O4S2/c19-14-9-5-4-8-13(14)16-17(26-15(21-16)10-11-20-18(22)23)27(24,25)12-6-2-1-3-7-12/h1-9,20H,10-11H2,(H,22,23). The molecule has 27 heavy (non-hydrogen) atoms. The summed E-state index contributed by atoms with van der Waals surface area (Å²) in [6.45, 7) is 0.0738. The molecule has 1 aromatic heterocycles. The highest BCUT2D eigenvalue weighted by Gasteiger charge is 2.27. The number of thiazole rings is 1. The van der Waals surface area contributed by atoms with Gasteiger partial charge in [-0.3, -0.25) is 0 Å². The van der Waals surface area contributed by atoms with Gasteiger partial charge in [0.1, 0.15) is 11.5 Å². The van der Waals surface area contributed by atoms with Gasteiger partial charge in [-0.1, -0.05) is 30.3 Å². The minimum atomic E-state index is -3.90. The van der Waals surface area contributed by atoms with E-state index in [1.807, 2.05) is 0 Å². The van der Waals surface area contributed by atoms with Gasteiger partial charge in [0.15, 0.2) is 4.21 Å². The van der Waals surface area contributed by atoms with E-state index >= 15 is 0 Å². The molecule has 0 saturated heterocycles. The first-order valence-electron chi connectivity index (χ1n) is 7.91. The molecule has 0 aliphatic heterocycles. The maximum absolute atomic E-state index is 14.3. The van der Waals surface area contributed by atoms with Crippen molar-refractivity contribution >= 4 is 27.3 Å². The van der Waals surface area contributed by atoms with Gasteiger partial charge in [-0.2, -0.15) is 0 Å². The van der Waals surface area contributed by atoms with Gasteiger partial charge in [0, 0.05) is 18.5 Å². The van der Waals surface area contributed by atoms with Crippen molar-refractivity contribution < 1.29 is 22.7 Å². The zero-order chi connectivity index (χ0) is 19.4. The van der Waals surface area contributed by atoms with Crippen LogP contribution in [-0.2, 0) is 16.3 Å². The van der Waals surface area contributed by atoms with Crippen molar-refractivity contribution in [3.63, 3.8) is 0 Å². The van der Waals surface area contributed by atoms with Crippen LogP contribution in [0.1, 0.15) is 5.01 Å². The minimum absolute atomic E-state index is 0.0345. The van der Waals surface area contributed by atoms with Crippen molar-refractivity contribution in [3.05, 3.63) is 65.4 Å². The number of nitrogens with one attached hydrogen (secondary N) is 1. The Labute approximate surface area is 159 Å². The van der Waals surface area contributed by atoms with Crippen LogP contribution in [0.15, 0.2) is 63.7 Å². The number of hydrogen-bond acceptors (Lipinski definition) is 5. The van der Waals surface area contributed by atoms with E-state index in [1.165, 1.54) is 30.3 Å². The van der Waals surface area contributed by atoms with Crippen LogP contribution >= 0.6 is 11.3 Å². The topological polar surface area (TPSA) is 96.4 Å². The number of carbonyl (C=O) groups is 1. The smallest absolute Gasteiger partial charge is 0.404 e. The van der Waals surface area contributed by atoms with Gasteiger partial charge in [-0.05, 0) is 24.3 Å². The summed E-state index contributed by atoms with van der Waals surface area (Å²) in [7, 11) is -3.90. The van der Waals surface area contributed by atoms with E-state index in [1.54, 1.807) is 24.3 Å². The molecule has 0 spiro atoms. The van der Waals surface area contributed by atoms with Crippen LogP contribution in [0.25, 0.3) is 11.3 Å². The number of carboxylic acid groups (broad SMARTS) is 1. The Kier molecular flexibility index (Phi) is 5.52. The average Bonchev–Trinajstić information content (AvgIpc) is 3.07. The number of benzene rings is 2. The van der Waals surface area contributed by atoms with Gasteiger partial charge in [-0.15, -0.1) is 11.3 Å². The molecule has 9 heteroatoms. The molecule has 0 atom stereocenters. The monoisotopic (exact) mass is 406 g/mol. The summed E-state index contributed by atoms with van der Waals surface area (Å²) in [5.74, 6) is -0.581. The first-order chi connectivity index (χ1) is 12.9. The van der Waals surface area contributed by atoms with E-state index in [4.69, 9.17) is 5.11 Å². The number of halogens is 1. The molecule has 0 saturated carbocycles. The van der Waals surface area contributed by atoms with Gasteiger partial charge in [0.25, 0.3) is 0 Å². The number of nitrogens with zero attached hydrogens (tertiary/aromatic N) is 1. The highest BCUT2D eigenvalue weighted by Crippen LogP contribution is 2.36. The third-order valence-corrected chi connectivity index (χ3v) is 7.07. The lowest BCUT2D eigenvalue weighted by Crippen LogP contribution is -2.23. The summed E-state index contributed by atoms with van der Waals surface area (Å²) in [6, 6.07) is 13.6. The van der Waals surface area contributed by atoms with Crippen molar-refractivity contribution in [2.75, 3.05) is 6.54 Å². The van der Waals surface area contributed by atoms with Crippen LogP contribution in [0.4, 0.5) is 9.18 Å². The molecule has 2 aromatic carbocycles. The van der Waals surface area contributed by atoms with E-state index in [-0.39, 0.29) is 33.3 Å². The molecule has 6 nitrogen and oxygen atoms in total. The molecule has 1 heterocycles. The molecule has 0 aliphatic rings. The number of aromatic nitrogens is 1. The Balaban J connectivity index is 2.10. The Hall–Kier alpha value is -2.78. The zero-order valence-electron chi connectivity index (χ0n) is 13.9. The van der Waals surface area contributed by atoms with E-state index in [0.717, 1.165) is 11.3 Å². The second-order valence-electron chi connectivity index (χ2n) is 5.52. The van der Waals surface area contributed by atoms with Gasteiger partial charge in [-0.25, -0.2) is 22.6 Å². The van der Waals surface area contributed by atoms with Crippen LogP contribution in [0.5, 0.6) is 0 Å². The Morgan fingerprint density at radius 1 is 1.11 bits per heavy atom. The van der Waals surface area contributed by atoms with Crippen molar-refractivity contribution in [1.82, 2.24) is 10.3 Å². The largest absolute Gasteiger partial charge is 0.465 e. The van der Waals surface area contributed by atoms with Gasteiger partial charge in [0.2, 0.25) is 9.84 Å². The summed E-state index contributed by atoms with van der Waals surface area (Å²) in [5, 5.41) is 11.3. The normalized spacial score (nSPS) is 11.3. The second kappa shape index (κ2) is 7.85. The highest BCUT2D eigenvalue weighted by molar-refractivity contribution is 7.93. The SMILES string of the molecule is O=C(O)NCCc1nc(-c2ccccc2F)c(S(=O)(=O)c2ccccc2)s1. The van der Waals surface area contributed by atoms with Gasteiger partial charge >= 0.3 is 6.09 Å². The van der Waals surface area contributed by atoms with Crippen LogP contribution in [0, 0.1) is 5.82 Å². The van der Waals surface area contributed by atoms with E-state index in [0.29, 0.717) is 5.01 Å². The molecule has 140 valence electrons. The second-order valence-corrected chi connectivity index (χ2v) is 8.75. The molecule has 1 amide bonds. The van der Waals surface area contributed by atoms with Crippen LogP contribution < -0.4 is 5.32 Å². The van der Waals surface area contributed by atoms with E-state index < -0.39 is 21.7 Å². The molecular weight excluding hydrogens is 391 g/mol. The van der Waals surface area contributed by atoms with Crippen molar-refractivity contribution in [1.29, 1.82) is 0 Å². The van der Waals surface area contributed by atoms with Gasteiger partial charge in [0.05, 0.1) is 9.90 Å². The van der Waals surface area contributed by atoms with E-state index in [2.05, 4.69) is 10.3 Å². The van der Waals surface area contributed by atoms with Crippen molar-refractivity contribution in [3.8, 4) is 11.3 Å². The molecule has 0 bridgehead atoms. The van der Waals surface area contributed by atoms with Crippen molar-refractivity contribution in [2.45, 2.75) is 15.5 Å². The Bertz CT molecular complexity index is 1070. The number of hydrogen-bond donors (Lipinski definition) is 2. The van der Waals surface area contributed by atoms with Crippen LogP contribution in [0.3, 0.4) is 0 Å². The van der Waals surface area contributed by atoms with Crippen molar-refractivity contribution in [2.24, 2.45) is 0 Å². The summed E-state index contributed by atoms with van der Waals surface area (Å²) in [6.07, 6.45) is -0.985. The molecule has 0 fully saturated rings. The summed E-state index contributed by atoms with van der Waals surface area (Å²) in [5.41, 5.74) is 0.118. The summed E-state index contributed by atoms with van der Waals surface area (Å²) in [4.78, 5) is 15.0. The Morgan fingerprint density at radius 3 is 2.44 bits per heavy atom. The molecule has 3 rings (SSSR count). The van der Waals surface area contributed by atoms with Gasteiger partial charge < -0.3 is 10.4 Å². The molecule has 3 aromatic rings. The zero-order valence-corrected chi connectivity index (χ0v) is 15.6. The Morgan fingerprint density at radius 2 is 1.78 bits per heavy atom. The number of sulfone groups is 1. The number of rotatable bonds is 6. The average molecular weight is 406 g/mol. The third-order valence-electron chi connectivity index (χ3n) is 3.68. The lowest BCUT2D eigenvalue weighted by molar-refractivity contribution is 0.194. The third kappa shape index (κ3) is 4.15. The molecule has 2 N–H and O–H groups in total. The molecule has 0 unspecified atom stereocenters. The predicted octanol–water partition coefficient (Wildman–Crippen LogP) is 3.59. The fourth-order valence-corrected chi connectivity index (χ4v) is 5.41. The molecular formula is C18H15FN2O4S2. The lowest BCUT2D eigenvalue weighted by Gasteiger charge is -2.05. The fourth-order valence-electron chi connectivity index (χ4n) is 2.44. The first-order valence-corrected chi connectivity index (χ1v) is 10.2. The summed E-state index contributed by atoms with van der Waals surface area (Å²) >= 11 is 0.918. The number of amides is 1. The maximum atomic E-state index is 14.3.